The molecule has 1 atom stereocenters. The lowest BCUT2D eigenvalue weighted by Gasteiger charge is -2.29. The molecule has 8 heteroatoms. The largest absolute Gasteiger partial charge is 0.438 e. The Morgan fingerprint density at radius 3 is 2.82 bits per heavy atom. The number of nitrogens with zero attached hydrogens (tertiary/aromatic N) is 3. The van der Waals surface area contributed by atoms with E-state index in [2.05, 4.69) is 17.1 Å². The Morgan fingerprint density at radius 2 is 2.14 bits per heavy atom. The van der Waals surface area contributed by atoms with Gasteiger partial charge in [-0.25, -0.2) is 8.42 Å². The zero-order valence-electron chi connectivity index (χ0n) is 12.7. The average Bonchev–Trinajstić information content (AvgIpc) is 3.16. The molecule has 1 aliphatic heterocycles. The van der Waals surface area contributed by atoms with Gasteiger partial charge in [0.05, 0.1) is 0 Å². The van der Waals surface area contributed by atoms with Crippen LogP contribution in [-0.4, -0.2) is 36.0 Å². The minimum atomic E-state index is -3.60. The second-order valence-electron chi connectivity index (χ2n) is 5.58. The predicted octanol–water partition coefficient (Wildman–Crippen LogP) is 2.31. The van der Waals surface area contributed by atoms with Crippen LogP contribution in [0.4, 0.5) is 0 Å². The summed E-state index contributed by atoms with van der Waals surface area (Å²) in [7, 11) is -3.60. The summed E-state index contributed by atoms with van der Waals surface area (Å²) in [4.78, 5) is 0. The third-order valence-corrected chi connectivity index (χ3v) is 5.51. The summed E-state index contributed by atoms with van der Waals surface area (Å²) >= 11 is 0. The normalized spacial score (nSPS) is 20.4. The van der Waals surface area contributed by atoms with Gasteiger partial charge >= 0.3 is 0 Å². The Bertz CT molecular complexity index is 750. The maximum Gasteiger partial charge on any atom is 0.283 e. The molecule has 0 N–H and O–H groups in total. The van der Waals surface area contributed by atoms with Crippen LogP contribution in [0.3, 0.4) is 0 Å². The number of piperidine rings is 1. The monoisotopic (exact) mass is 325 g/mol. The van der Waals surface area contributed by atoms with E-state index in [9.17, 15) is 8.42 Å². The Morgan fingerprint density at radius 1 is 1.32 bits per heavy atom. The van der Waals surface area contributed by atoms with E-state index in [0.29, 0.717) is 31.3 Å². The van der Waals surface area contributed by atoms with E-state index < -0.39 is 10.0 Å². The highest BCUT2D eigenvalue weighted by molar-refractivity contribution is 7.89. The fourth-order valence-electron chi connectivity index (χ4n) is 2.56. The van der Waals surface area contributed by atoms with Crippen molar-refractivity contribution in [1.82, 2.24) is 14.5 Å². The van der Waals surface area contributed by atoms with E-state index in [1.165, 1.54) is 10.4 Å². The molecule has 2 aromatic rings. The lowest BCUT2D eigenvalue weighted by atomic mass is 10.0. The maximum absolute atomic E-state index is 12.6. The van der Waals surface area contributed by atoms with Crippen molar-refractivity contribution < 1.29 is 17.3 Å². The van der Waals surface area contributed by atoms with Crippen LogP contribution in [0.5, 0.6) is 0 Å². The molecule has 0 spiro atoms. The van der Waals surface area contributed by atoms with Gasteiger partial charge in [-0.15, -0.1) is 10.2 Å². The van der Waals surface area contributed by atoms with Gasteiger partial charge < -0.3 is 8.83 Å². The third kappa shape index (κ3) is 2.80. The second-order valence-corrected chi connectivity index (χ2v) is 7.45. The summed E-state index contributed by atoms with van der Waals surface area (Å²) in [5, 5.41) is 7.63. The molecule has 120 valence electrons. The van der Waals surface area contributed by atoms with Gasteiger partial charge in [-0.05, 0) is 30.9 Å². The van der Waals surface area contributed by atoms with E-state index in [1.807, 2.05) is 6.92 Å². The first kappa shape index (κ1) is 15.2. The van der Waals surface area contributed by atoms with Crippen molar-refractivity contribution >= 4 is 10.0 Å². The highest BCUT2D eigenvalue weighted by Gasteiger charge is 2.31. The van der Waals surface area contributed by atoms with E-state index in [1.54, 1.807) is 6.07 Å². The van der Waals surface area contributed by atoms with Crippen LogP contribution in [0.2, 0.25) is 0 Å². The molecule has 0 radical (unpaired) electrons. The van der Waals surface area contributed by atoms with E-state index in [-0.39, 0.29) is 16.7 Å². The maximum atomic E-state index is 12.6. The number of furan rings is 1. The molecule has 0 saturated carbocycles. The molecule has 2 aromatic heterocycles. The average molecular weight is 325 g/mol. The van der Waals surface area contributed by atoms with Crippen molar-refractivity contribution in [2.45, 2.75) is 38.2 Å². The summed E-state index contributed by atoms with van der Waals surface area (Å²) in [5.74, 6) is 1.32. The summed E-state index contributed by atoms with van der Waals surface area (Å²) < 4.78 is 37.5. The van der Waals surface area contributed by atoms with Crippen molar-refractivity contribution in [3.8, 4) is 11.7 Å². The van der Waals surface area contributed by atoms with Crippen LogP contribution in [0, 0.1) is 5.92 Å². The van der Waals surface area contributed by atoms with Crippen LogP contribution >= 0.6 is 0 Å². The van der Waals surface area contributed by atoms with Gasteiger partial charge in [0, 0.05) is 19.5 Å². The number of sulfonamides is 1. The van der Waals surface area contributed by atoms with Gasteiger partial charge in [-0.2, -0.15) is 4.31 Å². The molecule has 3 rings (SSSR count). The standard InChI is InChI=1S/C14H19N3O4S/c1-3-12-15-16-14(21-12)11-6-7-13(20-11)22(18,19)17-8-4-5-10(2)9-17/h6-7,10H,3-5,8-9H2,1-2H3/t10-/m1/s1. The van der Waals surface area contributed by atoms with Gasteiger partial charge in [0.1, 0.15) is 0 Å². The van der Waals surface area contributed by atoms with Gasteiger partial charge in [-0.3, -0.25) is 0 Å². The van der Waals surface area contributed by atoms with Gasteiger partial charge in [0.15, 0.2) is 5.76 Å². The molecule has 1 saturated heterocycles. The molecule has 0 aromatic carbocycles. The number of aryl methyl sites for hydroxylation is 1. The summed E-state index contributed by atoms with van der Waals surface area (Å²) in [6.45, 7) is 5.01. The summed E-state index contributed by atoms with van der Waals surface area (Å²) in [6.07, 6.45) is 2.54. The van der Waals surface area contributed by atoms with Gasteiger partial charge in [0.2, 0.25) is 11.0 Å². The Labute approximate surface area is 129 Å². The zero-order valence-corrected chi connectivity index (χ0v) is 13.5. The zero-order chi connectivity index (χ0) is 15.7. The lowest BCUT2D eigenvalue weighted by Crippen LogP contribution is -2.38. The van der Waals surface area contributed by atoms with Crippen molar-refractivity contribution in [2.24, 2.45) is 5.92 Å². The highest BCUT2D eigenvalue weighted by atomic mass is 32.2. The first-order valence-corrected chi connectivity index (χ1v) is 8.87. The fourth-order valence-corrected chi connectivity index (χ4v) is 4.07. The number of hydrogen-bond acceptors (Lipinski definition) is 6. The molecule has 3 heterocycles. The Hall–Kier alpha value is -1.67. The van der Waals surface area contributed by atoms with Crippen molar-refractivity contribution in [2.75, 3.05) is 13.1 Å². The molecular formula is C14H19N3O4S. The molecule has 7 nitrogen and oxygen atoms in total. The van der Waals surface area contributed by atoms with Crippen LogP contribution in [0.1, 0.15) is 32.6 Å². The fraction of sp³-hybridized carbons (Fsp3) is 0.571. The molecule has 1 aliphatic rings. The third-order valence-electron chi connectivity index (χ3n) is 3.78. The van der Waals surface area contributed by atoms with Crippen molar-refractivity contribution in [3.63, 3.8) is 0 Å². The first-order chi connectivity index (χ1) is 10.5. The highest BCUT2D eigenvalue weighted by Crippen LogP contribution is 2.28. The van der Waals surface area contributed by atoms with Gasteiger partial charge in [0.25, 0.3) is 15.9 Å². The lowest BCUT2D eigenvalue weighted by molar-refractivity contribution is 0.275. The second kappa shape index (κ2) is 5.85. The number of rotatable bonds is 4. The Balaban J connectivity index is 1.86. The summed E-state index contributed by atoms with van der Waals surface area (Å²) in [6, 6.07) is 2.99. The molecule has 0 unspecified atom stereocenters. The van der Waals surface area contributed by atoms with E-state index >= 15 is 0 Å². The van der Waals surface area contributed by atoms with Crippen molar-refractivity contribution in [1.29, 1.82) is 0 Å². The van der Waals surface area contributed by atoms with Crippen LogP contribution in [-0.2, 0) is 16.4 Å². The molecule has 0 aliphatic carbocycles. The quantitative estimate of drug-likeness (QED) is 0.857. The van der Waals surface area contributed by atoms with Crippen LogP contribution in [0.15, 0.2) is 26.1 Å². The number of aromatic nitrogens is 2. The number of hydrogen-bond donors (Lipinski definition) is 0. The molecule has 0 bridgehead atoms. The smallest absolute Gasteiger partial charge is 0.283 e. The topological polar surface area (TPSA) is 89.4 Å². The molecule has 0 amide bonds. The SMILES string of the molecule is CCc1nnc(-c2ccc(S(=O)(=O)N3CCC[C@@H](C)C3)o2)o1. The molecule has 1 fully saturated rings. The minimum absolute atomic E-state index is 0.0761. The van der Waals surface area contributed by atoms with Gasteiger partial charge in [-0.1, -0.05) is 13.8 Å². The predicted molar refractivity (Wildman–Crippen MR) is 78.5 cm³/mol. The van der Waals surface area contributed by atoms with Crippen LogP contribution < -0.4 is 0 Å². The Kier molecular flexibility index (Phi) is 4.05. The molecular weight excluding hydrogens is 306 g/mol. The minimum Gasteiger partial charge on any atom is -0.438 e. The van der Waals surface area contributed by atoms with E-state index in [4.69, 9.17) is 8.83 Å². The first-order valence-electron chi connectivity index (χ1n) is 7.43. The van der Waals surface area contributed by atoms with E-state index in [0.717, 1.165) is 12.8 Å². The van der Waals surface area contributed by atoms with Crippen molar-refractivity contribution in [3.05, 3.63) is 18.0 Å². The summed E-state index contributed by atoms with van der Waals surface area (Å²) in [5.41, 5.74) is 0. The molecule has 22 heavy (non-hydrogen) atoms. The van der Waals surface area contributed by atoms with Crippen LogP contribution in [0.25, 0.3) is 11.7 Å².